The molecule has 0 saturated heterocycles. The predicted molar refractivity (Wildman–Crippen MR) is 71.9 cm³/mol. The van der Waals surface area contributed by atoms with Crippen LogP contribution in [-0.2, 0) is 10.2 Å². The summed E-state index contributed by atoms with van der Waals surface area (Å²) in [5, 5.41) is 13.6. The van der Waals surface area contributed by atoms with Crippen LogP contribution in [0.5, 0.6) is 0 Å². The van der Waals surface area contributed by atoms with Gasteiger partial charge in [0.05, 0.1) is 10.3 Å². The van der Waals surface area contributed by atoms with Gasteiger partial charge >= 0.3 is 0 Å². The lowest BCUT2D eigenvalue weighted by atomic mass is 9.93. The molecule has 2 rings (SSSR count). The second kappa shape index (κ2) is 4.33. The van der Waals surface area contributed by atoms with Gasteiger partial charge in [-0.25, -0.2) is 0 Å². The number of nitrogens with one attached hydrogen (secondary N) is 1. The lowest BCUT2D eigenvalue weighted by molar-refractivity contribution is -0.384. The predicted octanol–water partition coefficient (Wildman–Crippen LogP) is 2.54. The van der Waals surface area contributed by atoms with Crippen molar-refractivity contribution >= 4 is 11.6 Å². The Morgan fingerprint density at radius 1 is 1.26 bits per heavy atom. The molecule has 0 radical (unpaired) electrons. The first-order valence-corrected chi connectivity index (χ1v) is 6.32. The molecule has 1 aromatic carbocycles. The van der Waals surface area contributed by atoms with E-state index < -0.39 is 10.3 Å². The second-order valence-electron chi connectivity index (χ2n) is 6.09. The van der Waals surface area contributed by atoms with E-state index in [4.69, 9.17) is 0 Å². The van der Waals surface area contributed by atoms with Crippen LogP contribution in [0, 0.1) is 10.1 Å². The fourth-order valence-electron chi connectivity index (χ4n) is 2.13. The number of nitrogens with zero attached hydrogens (tertiary/aromatic N) is 1. The van der Waals surface area contributed by atoms with Crippen LogP contribution >= 0.6 is 0 Å². The van der Waals surface area contributed by atoms with Gasteiger partial charge in [-0.2, -0.15) is 0 Å². The van der Waals surface area contributed by atoms with Crippen LogP contribution in [0.15, 0.2) is 24.3 Å². The van der Waals surface area contributed by atoms with Crippen LogP contribution in [0.3, 0.4) is 0 Å². The minimum Gasteiger partial charge on any atom is -0.351 e. The van der Waals surface area contributed by atoms with Crippen LogP contribution in [-0.4, -0.2) is 16.4 Å². The third-order valence-electron chi connectivity index (χ3n) is 3.30. The number of amides is 1. The van der Waals surface area contributed by atoms with Crippen molar-refractivity contribution in [3.05, 3.63) is 39.9 Å². The van der Waals surface area contributed by atoms with Crippen LogP contribution in [0.1, 0.15) is 39.2 Å². The average molecular weight is 262 g/mol. The van der Waals surface area contributed by atoms with Crippen molar-refractivity contribution in [3.63, 3.8) is 0 Å². The SMILES string of the molecule is CC(C)(C)NC(=O)C1(c2ccc([N+](=O)[O-])cc2)CC1. The maximum atomic E-state index is 12.3. The smallest absolute Gasteiger partial charge is 0.269 e. The van der Waals surface area contributed by atoms with Gasteiger partial charge in [-0.15, -0.1) is 0 Å². The topological polar surface area (TPSA) is 72.2 Å². The maximum Gasteiger partial charge on any atom is 0.269 e. The molecular formula is C14H18N2O3. The molecule has 0 heterocycles. The van der Waals surface area contributed by atoms with Crippen LogP contribution in [0.2, 0.25) is 0 Å². The molecule has 102 valence electrons. The van der Waals surface area contributed by atoms with Gasteiger partial charge in [0.2, 0.25) is 5.91 Å². The Morgan fingerprint density at radius 2 is 1.79 bits per heavy atom. The lowest BCUT2D eigenvalue weighted by Gasteiger charge is -2.25. The number of benzene rings is 1. The van der Waals surface area contributed by atoms with Crippen LogP contribution in [0.25, 0.3) is 0 Å². The zero-order valence-corrected chi connectivity index (χ0v) is 11.4. The molecule has 0 atom stereocenters. The fraction of sp³-hybridized carbons (Fsp3) is 0.500. The first kappa shape index (κ1) is 13.5. The molecule has 1 aromatic rings. The fourth-order valence-corrected chi connectivity index (χ4v) is 2.13. The summed E-state index contributed by atoms with van der Waals surface area (Å²) in [5.74, 6) is 0.00820. The maximum absolute atomic E-state index is 12.3. The molecule has 5 nitrogen and oxygen atoms in total. The van der Waals surface area contributed by atoms with E-state index in [1.54, 1.807) is 12.1 Å². The largest absolute Gasteiger partial charge is 0.351 e. The summed E-state index contributed by atoms with van der Waals surface area (Å²) >= 11 is 0. The van der Waals surface area contributed by atoms with Gasteiger partial charge in [-0.3, -0.25) is 14.9 Å². The van der Waals surface area contributed by atoms with E-state index >= 15 is 0 Å². The molecule has 0 spiro atoms. The number of hydrogen-bond donors (Lipinski definition) is 1. The minimum atomic E-state index is -0.484. The first-order valence-electron chi connectivity index (χ1n) is 6.32. The van der Waals surface area contributed by atoms with Crippen LogP contribution in [0.4, 0.5) is 5.69 Å². The Bertz CT molecular complexity index is 510. The van der Waals surface area contributed by atoms with E-state index in [-0.39, 0.29) is 17.1 Å². The molecule has 1 aliphatic carbocycles. The Morgan fingerprint density at radius 3 is 2.16 bits per heavy atom. The Balaban J connectivity index is 2.21. The van der Waals surface area contributed by atoms with E-state index in [1.165, 1.54) is 12.1 Å². The summed E-state index contributed by atoms with van der Waals surface area (Å²) in [5.41, 5.74) is 0.159. The molecule has 1 saturated carbocycles. The molecular weight excluding hydrogens is 244 g/mol. The monoisotopic (exact) mass is 262 g/mol. The highest BCUT2D eigenvalue weighted by atomic mass is 16.6. The number of hydrogen-bond acceptors (Lipinski definition) is 3. The summed E-state index contributed by atoms with van der Waals surface area (Å²) in [6.45, 7) is 5.82. The Labute approximate surface area is 112 Å². The third kappa shape index (κ3) is 2.75. The molecule has 19 heavy (non-hydrogen) atoms. The number of carbonyl (C=O) groups excluding carboxylic acids is 1. The summed E-state index contributed by atoms with van der Waals surface area (Å²) in [7, 11) is 0. The summed E-state index contributed by atoms with van der Waals surface area (Å²) < 4.78 is 0. The van der Waals surface area contributed by atoms with Gasteiger partial charge < -0.3 is 5.32 Å². The average Bonchev–Trinajstić information content (AvgIpc) is 3.08. The summed E-state index contributed by atoms with van der Waals surface area (Å²) in [6, 6.07) is 6.29. The summed E-state index contributed by atoms with van der Waals surface area (Å²) in [6.07, 6.45) is 1.60. The molecule has 5 heteroatoms. The van der Waals surface area contributed by atoms with E-state index in [0.717, 1.165) is 18.4 Å². The van der Waals surface area contributed by atoms with Crippen molar-refractivity contribution in [3.8, 4) is 0 Å². The molecule has 0 aromatic heterocycles. The second-order valence-corrected chi connectivity index (χ2v) is 6.09. The molecule has 1 aliphatic rings. The van der Waals surface area contributed by atoms with Gasteiger partial charge in [0.15, 0.2) is 0 Å². The third-order valence-corrected chi connectivity index (χ3v) is 3.30. The molecule has 0 aliphatic heterocycles. The quantitative estimate of drug-likeness (QED) is 0.672. The van der Waals surface area contributed by atoms with Crippen molar-refractivity contribution in [1.29, 1.82) is 0 Å². The van der Waals surface area contributed by atoms with Crippen LogP contribution < -0.4 is 5.32 Å². The van der Waals surface area contributed by atoms with Gasteiger partial charge in [0.25, 0.3) is 5.69 Å². The summed E-state index contributed by atoms with van der Waals surface area (Å²) in [4.78, 5) is 22.5. The van der Waals surface area contributed by atoms with Gasteiger partial charge in [-0.05, 0) is 39.2 Å². The molecule has 0 bridgehead atoms. The minimum absolute atomic E-state index is 0.00820. The van der Waals surface area contributed by atoms with Crippen molar-refractivity contribution in [2.24, 2.45) is 0 Å². The van der Waals surface area contributed by atoms with E-state index in [1.807, 2.05) is 20.8 Å². The number of nitro groups is 1. The number of non-ortho nitro benzene ring substituents is 1. The van der Waals surface area contributed by atoms with Gasteiger partial charge in [-0.1, -0.05) is 12.1 Å². The molecule has 1 N–H and O–H groups in total. The normalized spacial score (nSPS) is 16.8. The zero-order chi connectivity index (χ0) is 14.3. The first-order chi connectivity index (χ1) is 8.74. The van der Waals surface area contributed by atoms with Gasteiger partial charge in [0, 0.05) is 17.7 Å². The molecule has 1 amide bonds. The number of rotatable bonds is 3. The number of carbonyl (C=O) groups is 1. The number of nitro benzene ring substituents is 1. The molecule has 0 unspecified atom stereocenters. The molecule has 1 fully saturated rings. The standard InChI is InChI=1S/C14H18N2O3/c1-13(2,3)15-12(17)14(8-9-14)10-4-6-11(7-5-10)16(18)19/h4-7H,8-9H2,1-3H3,(H,15,17). The highest BCUT2D eigenvalue weighted by molar-refractivity contribution is 5.91. The van der Waals surface area contributed by atoms with E-state index in [2.05, 4.69) is 5.32 Å². The zero-order valence-electron chi connectivity index (χ0n) is 11.4. The van der Waals surface area contributed by atoms with Crippen molar-refractivity contribution in [2.75, 3.05) is 0 Å². The Kier molecular flexibility index (Phi) is 3.08. The Hall–Kier alpha value is -1.91. The lowest BCUT2D eigenvalue weighted by Crippen LogP contribution is -2.46. The van der Waals surface area contributed by atoms with E-state index in [9.17, 15) is 14.9 Å². The van der Waals surface area contributed by atoms with Crippen molar-refractivity contribution in [2.45, 2.75) is 44.6 Å². The van der Waals surface area contributed by atoms with Crippen molar-refractivity contribution < 1.29 is 9.72 Å². The van der Waals surface area contributed by atoms with Gasteiger partial charge in [0.1, 0.15) is 0 Å². The highest BCUT2D eigenvalue weighted by Gasteiger charge is 2.51. The van der Waals surface area contributed by atoms with Crippen molar-refractivity contribution in [1.82, 2.24) is 5.32 Å². The highest BCUT2D eigenvalue weighted by Crippen LogP contribution is 2.48. The van der Waals surface area contributed by atoms with E-state index in [0.29, 0.717) is 0 Å².